The molecule has 0 bridgehead atoms. The van der Waals surface area contributed by atoms with E-state index in [0.717, 1.165) is 12.5 Å². The molecule has 0 spiro atoms. The molecule has 17 heavy (non-hydrogen) atoms. The number of hydrogen-bond acceptors (Lipinski definition) is 2. The summed E-state index contributed by atoms with van der Waals surface area (Å²) in [5.74, 6) is 0.807. The first-order valence-electron chi connectivity index (χ1n) is 6.79. The molecule has 0 aromatic heterocycles. The summed E-state index contributed by atoms with van der Waals surface area (Å²) in [5.41, 5.74) is 1.19. The van der Waals surface area contributed by atoms with E-state index in [1.807, 2.05) is 18.2 Å². The van der Waals surface area contributed by atoms with Crippen LogP contribution in [0, 0.1) is 5.92 Å². The normalized spacial score (nSPS) is 19.1. The van der Waals surface area contributed by atoms with Crippen molar-refractivity contribution in [2.75, 3.05) is 13.2 Å². The number of nitrogens with one attached hydrogen (secondary N) is 1. The molecule has 0 heterocycles. The minimum absolute atomic E-state index is 0.0955. The Kier molecular flexibility index (Phi) is 5.02. The zero-order valence-corrected chi connectivity index (χ0v) is 10.4. The maximum Gasteiger partial charge on any atom is 0.0626 e. The van der Waals surface area contributed by atoms with Crippen LogP contribution < -0.4 is 5.32 Å². The van der Waals surface area contributed by atoms with Gasteiger partial charge in [0.25, 0.3) is 0 Å². The molecule has 1 aromatic rings. The van der Waals surface area contributed by atoms with Crippen LogP contribution in [0.4, 0.5) is 0 Å². The topological polar surface area (TPSA) is 32.3 Å². The van der Waals surface area contributed by atoms with E-state index in [1.54, 1.807) is 0 Å². The third-order valence-corrected chi connectivity index (χ3v) is 3.76. The summed E-state index contributed by atoms with van der Waals surface area (Å²) in [4.78, 5) is 0. The number of hydrogen-bond donors (Lipinski definition) is 2. The van der Waals surface area contributed by atoms with Crippen molar-refractivity contribution in [3.05, 3.63) is 35.9 Å². The lowest BCUT2D eigenvalue weighted by Gasteiger charge is -2.25. The summed E-state index contributed by atoms with van der Waals surface area (Å²) >= 11 is 0. The molecule has 1 fully saturated rings. The monoisotopic (exact) mass is 233 g/mol. The standard InChI is InChI=1S/C15H23NO/c17-12-15(14-9-5-2-6-10-14)16-11-13-7-3-1-4-8-13/h2,5-6,9-10,13,15-17H,1,3-4,7-8,11-12H2/t15-/m1/s1. The highest BCUT2D eigenvalue weighted by Gasteiger charge is 2.15. The zero-order chi connectivity index (χ0) is 11.9. The molecule has 1 aromatic carbocycles. The van der Waals surface area contributed by atoms with Crippen molar-refractivity contribution in [3.8, 4) is 0 Å². The molecular weight excluding hydrogens is 210 g/mol. The Morgan fingerprint density at radius 3 is 2.47 bits per heavy atom. The molecule has 0 aliphatic heterocycles. The molecule has 2 N–H and O–H groups in total. The molecule has 1 atom stereocenters. The van der Waals surface area contributed by atoms with E-state index in [-0.39, 0.29) is 12.6 Å². The second-order valence-electron chi connectivity index (χ2n) is 5.06. The van der Waals surface area contributed by atoms with Crippen LogP contribution in [0.25, 0.3) is 0 Å². The Morgan fingerprint density at radius 2 is 1.82 bits per heavy atom. The minimum Gasteiger partial charge on any atom is -0.394 e. The molecule has 1 aliphatic rings. The van der Waals surface area contributed by atoms with Gasteiger partial charge in [-0.3, -0.25) is 0 Å². The van der Waals surface area contributed by atoms with Crippen LogP contribution in [0.1, 0.15) is 43.7 Å². The Labute approximate surface area is 104 Å². The Hall–Kier alpha value is -0.860. The summed E-state index contributed by atoms with van der Waals surface area (Å²) in [6, 6.07) is 10.3. The van der Waals surface area contributed by atoms with Crippen LogP contribution in [0.2, 0.25) is 0 Å². The third-order valence-electron chi connectivity index (χ3n) is 3.76. The van der Waals surface area contributed by atoms with Crippen molar-refractivity contribution in [1.82, 2.24) is 5.32 Å². The first-order valence-corrected chi connectivity index (χ1v) is 6.79. The molecule has 0 saturated heterocycles. The third kappa shape index (κ3) is 3.83. The first kappa shape index (κ1) is 12.6. The van der Waals surface area contributed by atoms with E-state index in [0.29, 0.717) is 0 Å². The lowest BCUT2D eigenvalue weighted by Crippen LogP contribution is -2.30. The summed E-state index contributed by atoms with van der Waals surface area (Å²) in [6.45, 7) is 1.22. The van der Waals surface area contributed by atoms with E-state index >= 15 is 0 Å². The van der Waals surface area contributed by atoms with Gasteiger partial charge >= 0.3 is 0 Å². The van der Waals surface area contributed by atoms with Crippen molar-refractivity contribution >= 4 is 0 Å². The van der Waals surface area contributed by atoms with Crippen LogP contribution in [-0.2, 0) is 0 Å². The van der Waals surface area contributed by atoms with Gasteiger partial charge in [-0.15, -0.1) is 0 Å². The average Bonchev–Trinajstić information content (AvgIpc) is 2.42. The molecular formula is C15H23NO. The largest absolute Gasteiger partial charge is 0.394 e. The average molecular weight is 233 g/mol. The van der Waals surface area contributed by atoms with Crippen LogP contribution in [0.15, 0.2) is 30.3 Å². The van der Waals surface area contributed by atoms with Gasteiger partial charge < -0.3 is 10.4 Å². The van der Waals surface area contributed by atoms with Crippen molar-refractivity contribution in [2.24, 2.45) is 5.92 Å². The number of aliphatic hydroxyl groups excluding tert-OH is 1. The van der Waals surface area contributed by atoms with Crippen LogP contribution in [0.3, 0.4) is 0 Å². The highest BCUT2D eigenvalue weighted by atomic mass is 16.3. The molecule has 0 radical (unpaired) electrons. The Bertz CT molecular complexity index is 306. The predicted octanol–water partition coefficient (Wildman–Crippen LogP) is 2.89. The maximum atomic E-state index is 9.45. The lowest BCUT2D eigenvalue weighted by atomic mass is 9.89. The van der Waals surface area contributed by atoms with Crippen molar-refractivity contribution in [3.63, 3.8) is 0 Å². The van der Waals surface area contributed by atoms with Gasteiger partial charge in [-0.1, -0.05) is 49.6 Å². The SMILES string of the molecule is OC[C@@H](NCC1CCCCC1)c1ccccc1. The molecule has 1 saturated carbocycles. The molecule has 2 nitrogen and oxygen atoms in total. The van der Waals surface area contributed by atoms with Gasteiger partial charge in [-0.2, -0.15) is 0 Å². The molecule has 2 heteroatoms. The number of rotatable bonds is 5. The highest BCUT2D eigenvalue weighted by molar-refractivity contribution is 5.18. The number of benzene rings is 1. The maximum absolute atomic E-state index is 9.45. The Morgan fingerprint density at radius 1 is 1.12 bits per heavy atom. The van der Waals surface area contributed by atoms with E-state index in [1.165, 1.54) is 37.7 Å². The van der Waals surface area contributed by atoms with Crippen LogP contribution in [0.5, 0.6) is 0 Å². The summed E-state index contributed by atoms with van der Waals surface area (Å²) in [6.07, 6.45) is 6.85. The van der Waals surface area contributed by atoms with Crippen LogP contribution >= 0.6 is 0 Å². The second kappa shape index (κ2) is 6.77. The zero-order valence-electron chi connectivity index (χ0n) is 10.4. The van der Waals surface area contributed by atoms with Gasteiger partial charge in [0.15, 0.2) is 0 Å². The van der Waals surface area contributed by atoms with Crippen molar-refractivity contribution in [1.29, 1.82) is 0 Å². The molecule has 0 amide bonds. The summed E-state index contributed by atoms with van der Waals surface area (Å²) < 4.78 is 0. The first-order chi connectivity index (χ1) is 8.40. The van der Waals surface area contributed by atoms with Crippen molar-refractivity contribution in [2.45, 2.75) is 38.1 Å². The molecule has 0 unspecified atom stereocenters. The fraction of sp³-hybridized carbons (Fsp3) is 0.600. The summed E-state index contributed by atoms with van der Waals surface area (Å²) in [7, 11) is 0. The molecule has 2 rings (SSSR count). The fourth-order valence-corrected chi connectivity index (χ4v) is 2.67. The van der Waals surface area contributed by atoms with E-state index in [9.17, 15) is 5.11 Å². The van der Waals surface area contributed by atoms with Crippen molar-refractivity contribution < 1.29 is 5.11 Å². The lowest BCUT2D eigenvalue weighted by molar-refractivity contribution is 0.231. The highest BCUT2D eigenvalue weighted by Crippen LogP contribution is 2.23. The van der Waals surface area contributed by atoms with E-state index < -0.39 is 0 Å². The van der Waals surface area contributed by atoms with Gasteiger partial charge in [0.1, 0.15) is 0 Å². The fourth-order valence-electron chi connectivity index (χ4n) is 2.67. The quantitative estimate of drug-likeness (QED) is 0.819. The van der Waals surface area contributed by atoms with E-state index in [4.69, 9.17) is 0 Å². The van der Waals surface area contributed by atoms with Crippen LogP contribution in [-0.4, -0.2) is 18.3 Å². The van der Waals surface area contributed by atoms with Gasteiger partial charge in [-0.05, 0) is 30.9 Å². The molecule has 1 aliphatic carbocycles. The van der Waals surface area contributed by atoms with Gasteiger partial charge in [0.05, 0.1) is 12.6 Å². The minimum atomic E-state index is 0.0955. The molecule has 94 valence electrons. The van der Waals surface area contributed by atoms with Gasteiger partial charge in [0, 0.05) is 0 Å². The second-order valence-corrected chi connectivity index (χ2v) is 5.06. The number of aliphatic hydroxyl groups is 1. The van der Waals surface area contributed by atoms with E-state index in [2.05, 4.69) is 17.4 Å². The smallest absolute Gasteiger partial charge is 0.0626 e. The summed E-state index contributed by atoms with van der Waals surface area (Å²) in [5, 5.41) is 13.0. The van der Waals surface area contributed by atoms with Gasteiger partial charge in [-0.25, -0.2) is 0 Å². The van der Waals surface area contributed by atoms with Gasteiger partial charge in [0.2, 0.25) is 0 Å². The predicted molar refractivity (Wildman–Crippen MR) is 70.8 cm³/mol. The Balaban J connectivity index is 1.83.